The van der Waals surface area contributed by atoms with Crippen molar-refractivity contribution in [3.63, 3.8) is 0 Å². The Balaban J connectivity index is 1.84. The van der Waals surface area contributed by atoms with Crippen molar-refractivity contribution in [1.82, 2.24) is 14.5 Å². The molecule has 0 saturated carbocycles. The Morgan fingerprint density at radius 2 is 1.95 bits per heavy atom. The van der Waals surface area contributed by atoms with Gasteiger partial charge in [-0.25, -0.2) is 9.97 Å². The number of piperidine rings is 1. The molecule has 0 spiro atoms. The molecule has 5 heteroatoms. The molecule has 0 unspecified atom stereocenters. The summed E-state index contributed by atoms with van der Waals surface area (Å²) in [5, 5.41) is 11.2. The summed E-state index contributed by atoms with van der Waals surface area (Å²) in [6.45, 7) is 5.70. The van der Waals surface area contributed by atoms with E-state index in [0.29, 0.717) is 5.92 Å². The maximum absolute atomic E-state index is 10.1. The fourth-order valence-corrected chi connectivity index (χ4v) is 3.11. The molecule has 0 atom stereocenters. The lowest BCUT2D eigenvalue weighted by atomic mass is 9.83. The Morgan fingerprint density at radius 3 is 2.60 bits per heavy atom. The highest BCUT2D eigenvalue weighted by Crippen LogP contribution is 2.31. The number of nitrogens with zero attached hydrogens (tertiary/aromatic N) is 4. The van der Waals surface area contributed by atoms with Crippen LogP contribution in [0.15, 0.2) is 18.6 Å². The highest BCUT2D eigenvalue weighted by Gasteiger charge is 2.31. The van der Waals surface area contributed by atoms with Crippen LogP contribution in [0.5, 0.6) is 0 Å². The van der Waals surface area contributed by atoms with E-state index in [1.807, 2.05) is 31.7 Å². The zero-order valence-electron chi connectivity index (χ0n) is 12.4. The van der Waals surface area contributed by atoms with Gasteiger partial charge in [0.1, 0.15) is 17.8 Å². The van der Waals surface area contributed by atoms with Crippen LogP contribution in [0, 0.1) is 5.92 Å². The Morgan fingerprint density at radius 1 is 1.25 bits per heavy atom. The fraction of sp³-hybridized carbons (Fsp3) is 0.600. The molecule has 0 aromatic carbocycles. The Kier molecular flexibility index (Phi) is 3.17. The van der Waals surface area contributed by atoms with Crippen LogP contribution < -0.4 is 4.90 Å². The molecular formula is C15H22N4O. The van der Waals surface area contributed by atoms with Gasteiger partial charge in [-0.15, -0.1) is 0 Å². The number of rotatable bonds is 2. The molecule has 1 fully saturated rings. The third-order valence-corrected chi connectivity index (χ3v) is 4.43. The van der Waals surface area contributed by atoms with Gasteiger partial charge < -0.3 is 14.6 Å². The van der Waals surface area contributed by atoms with Gasteiger partial charge in [-0.1, -0.05) is 0 Å². The Labute approximate surface area is 119 Å². The largest absolute Gasteiger partial charge is 0.390 e. The maximum Gasteiger partial charge on any atom is 0.145 e. The van der Waals surface area contributed by atoms with E-state index >= 15 is 0 Å². The molecule has 0 radical (unpaired) electrons. The first-order valence-corrected chi connectivity index (χ1v) is 7.20. The molecule has 2 aromatic heterocycles. The monoisotopic (exact) mass is 274 g/mol. The maximum atomic E-state index is 10.1. The van der Waals surface area contributed by atoms with Crippen LogP contribution in [0.25, 0.3) is 11.0 Å². The van der Waals surface area contributed by atoms with Crippen molar-refractivity contribution in [2.75, 3.05) is 18.0 Å². The van der Waals surface area contributed by atoms with Gasteiger partial charge in [0.25, 0.3) is 0 Å². The fourth-order valence-electron chi connectivity index (χ4n) is 3.11. The van der Waals surface area contributed by atoms with E-state index in [9.17, 15) is 5.11 Å². The molecule has 2 aromatic rings. The molecule has 1 saturated heterocycles. The van der Waals surface area contributed by atoms with Crippen molar-refractivity contribution in [1.29, 1.82) is 0 Å². The number of aromatic nitrogens is 3. The molecule has 3 rings (SSSR count). The van der Waals surface area contributed by atoms with E-state index in [0.717, 1.165) is 42.8 Å². The van der Waals surface area contributed by atoms with Gasteiger partial charge in [0.2, 0.25) is 0 Å². The van der Waals surface area contributed by atoms with Crippen LogP contribution in [-0.4, -0.2) is 38.3 Å². The van der Waals surface area contributed by atoms with Gasteiger partial charge in [0.15, 0.2) is 0 Å². The van der Waals surface area contributed by atoms with Gasteiger partial charge in [-0.3, -0.25) is 0 Å². The summed E-state index contributed by atoms with van der Waals surface area (Å²) >= 11 is 0. The second-order valence-corrected chi connectivity index (χ2v) is 6.28. The minimum absolute atomic E-state index is 0.367. The Bertz CT molecular complexity index is 606. The molecule has 5 nitrogen and oxygen atoms in total. The number of aryl methyl sites for hydroxylation is 1. The smallest absolute Gasteiger partial charge is 0.145 e. The van der Waals surface area contributed by atoms with E-state index in [1.54, 1.807) is 6.33 Å². The van der Waals surface area contributed by atoms with Crippen molar-refractivity contribution >= 4 is 16.9 Å². The van der Waals surface area contributed by atoms with Crippen molar-refractivity contribution in [3.05, 3.63) is 18.6 Å². The lowest BCUT2D eigenvalue weighted by Crippen LogP contribution is -2.42. The second kappa shape index (κ2) is 4.74. The van der Waals surface area contributed by atoms with Crippen molar-refractivity contribution in [2.45, 2.75) is 32.3 Å². The highest BCUT2D eigenvalue weighted by atomic mass is 16.3. The molecule has 1 aliphatic rings. The molecular weight excluding hydrogens is 252 g/mol. The van der Waals surface area contributed by atoms with Gasteiger partial charge in [-0.05, 0) is 38.7 Å². The molecule has 20 heavy (non-hydrogen) atoms. The number of hydrogen-bond donors (Lipinski definition) is 1. The highest BCUT2D eigenvalue weighted by molar-refractivity contribution is 5.87. The summed E-state index contributed by atoms with van der Waals surface area (Å²) in [6, 6.07) is 2.08. The number of aliphatic hydroxyl groups is 1. The summed E-state index contributed by atoms with van der Waals surface area (Å²) in [5.74, 6) is 1.39. The van der Waals surface area contributed by atoms with Crippen LogP contribution in [-0.2, 0) is 7.05 Å². The van der Waals surface area contributed by atoms with E-state index in [4.69, 9.17) is 0 Å². The first-order chi connectivity index (χ1) is 9.47. The average molecular weight is 274 g/mol. The lowest BCUT2D eigenvalue weighted by molar-refractivity contribution is 0.00648. The molecule has 0 bridgehead atoms. The van der Waals surface area contributed by atoms with Crippen LogP contribution in [0.4, 0.5) is 5.82 Å². The molecule has 1 aliphatic heterocycles. The summed E-state index contributed by atoms with van der Waals surface area (Å²) in [7, 11) is 2.00. The van der Waals surface area contributed by atoms with Crippen molar-refractivity contribution in [2.24, 2.45) is 13.0 Å². The number of hydrogen-bond acceptors (Lipinski definition) is 4. The van der Waals surface area contributed by atoms with Crippen molar-refractivity contribution < 1.29 is 5.11 Å². The zero-order chi connectivity index (χ0) is 14.3. The summed E-state index contributed by atoms with van der Waals surface area (Å²) in [4.78, 5) is 11.1. The summed E-state index contributed by atoms with van der Waals surface area (Å²) < 4.78 is 2.02. The van der Waals surface area contributed by atoms with Gasteiger partial charge in [0.05, 0.1) is 11.0 Å². The molecule has 108 valence electrons. The van der Waals surface area contributed by atoms with Crippen LogP contribution in [0.1, 0.15) is 26.7 Å². The second-order valence-electron chi connectivity index (χ2n) is 6.28. The predicted molar refractivity (Wildman–Crippen MR) is 79.7 cm³/mol. The van der Waals surface area contributed by atoms with Gasteiger partial charge in [0, 0.05) is 26.3 Å². The third kappa shape index (κ3) is 2.26. The lowest BCUT2D eigenvalue weighted by Gasteiger charge is -2.38. The van der Waals surface area contributed by atoms with E-state index in [-0.39, 0.29) is 0 Å². The zero-order valence-corrected chi connectivity index (χ0v) is 12.4. The number of fused-ring (bicyclic) bond motifs is 1. The summed E-state index contributed by atoms with van der Waals surface area (Å²) in [5.41, 5.74) is 0.388. The SMILES string of the molecule is Cn1ccc2c(N3CCC(C(C)(C)O)CC3)ncnc21. The standard InChI is InChI=1S/C15H22N4O/c1-15(2,20)11-4-8-19(9-5-11)14-12-6-7-18(3)13(12)16-10-17-14/h6-7,10-11,20H,4-5,8-9H2,1-3H3. The van der Waals surface area contributed by atoms with Crippen molar-refractivity contribution in [3.8, 4) is 0 Å². The molecule has 0 amide bonds. The first-order valence-electron chi connectivity index (χ1n) is 7.20. The minimum Gasteiger partial charge on any atom is -0.390 e. The number of anilines is 1. The third-order valence-electron chi connectivity index (χ3n) is 4.43. The normalized spacial score (nSPS) is 17.9. The predicted octanol–water partition coefficient (Wildman–Crippen LogP) is 1.96. The minimum atomic E-state index is -0.584. The average Bonchev–Trinajstić information content (AvgIpc) is 2.80. The first kappa shape index (κ1) is 13.4. The molecule has 0 aliphatic carbocycles. The van der Waals surface area contributed by atoms with Gasteiger partial charge >= 0.3 is 0 Å². The topological polar surface area (TPSA) is 54.2 Å². The van der Waals surface area contributed by atoms with E-state index in [1.165, 1.54) is 0 Å². The molecule has 1 N–H and O–H groups in total. The Hall–Kier alpha value is -1.62. The van der Waals surface area contributed by atoms with Crippen LogP contribution in [0.3, 0.4) is 0 Å². The quantitative estimate of drug-likeness (QED) is 0.909. The van der Waals surface area contributed by atoms with Gasteiger partial charge in [-0.2, -0.15) is 0 Å². The molecule has 3 heterocycles. The van der Waals surface area contributed by atoms with Crippen LogP contribution >= 0.6 is 0 Å². The summed E-state index contributed by atoms with van der Waals surface area (Å²) in [6.07, 6.45) is 5.66. The van der Waals surface area contributed by atoms with E-state index < -0.39 is 5.60 Å². The van der Waals surface area contributed by atoms with Crippen LogP contribution in [0.2, 0.25) is 0 Å². The van der Waals surface area contributed by atoms with E-state index in [2.05, 4.69) is 20.9 Å².